The maximum atomic E-state index is 11.7. The quantitative estimate of drug-likeness (QED) is 0.820. The molecule has 5 heteroatoms. The summed E-state index contributed by atoms with van der Waals surface area (Å²) < 4.78 is 4.97. The van der Waals surface area contributed by atoms with Crippen LogP contribution in [0.4, 0.5) is 6.01 Å². The molecule has 0 radical (unpaired) electrons. The van der Waals surface area contributed by atoms with Crippen LogP contribution < -0.4 is 5.32 Å². The largest absolute Gasteiger partial charge is 0.432 e. The summed E-state index contributed by atoms with van der Waals surface area (Å²) in [7, 11) is 0. The second-order valence-electron chi connectivity index (χ2n) is 3.55. The lowest BCUT2D eigenvalue weighted by Crippen LogP contribution is -2.31. The average Bonchev–Trinajstić information content (AvgIpc) is 2.62. The lowest BCUT2D eigenvalue weighted by molar-refractivity contribution is -0.122. The minimum Gasteiger partial charge on any atom is -0.432 e. The lowest BCUT2D eigenvalue weighted by atomic mass is 9.88. The molecule has 0 bridgehead atoms. The minimum atomic E-state index is -1.04. The van der Waals surface area contributed by atoms with Crippen LogP contribution in [0, 0.1) is 23.7 Å². The molecule has 80 valence electrons. The van der Waals surface area contributed by atoms with Crippen molar-refractivity contribution >= 4 is 11.9 Å². The Labute approximate surface area is 88.1 Å². The molecule has 1 atom stereocenters. The molecule has 0 aliphatic rings. The van der Waals surface area contributed by atoms with Crippen LogP contribution in [0.15, 0.2) is 10.7 Å². The number of nitrogens with zero attached hydrogens (tertiary/aromatic N) is 2. The van der Waals surface area contributed by atoms with E-state index in [1.54, 1.807) is 20.8 Å². The molecule has 1 rings (SSSR count). The molecule has 0 saturated carbocycles. The minimum absolute atomic E-state index is 0.132. The Morgan fingerprint density at radius 1 is 1.80 bits per heavy atom. The number of hydrogen-bond donors (Lipinski definition) is 1. The maximum absolute atomic E-state index is 11.7. The van der Waals surface area contributed by atoms with Crippen molar-refractivity contribution < 1.29 is 9.21 Å². The second-order valence-corrected chi connectivity index (χ2v) is 3.55. The number of carbonyl (C=O) groups is 1. The summed E-state index contributed by atoms with van der Waals surface area (Å²) in [5.41, 5.74) is -0.358. The van der Waals surface area contributed by atoms with E-state index in [4.69, 9.17) is 9.68 Å². The lowest BCUT2D eigenvalue weighted by Gasteiger charge is -2.16. The molecular weight excluding hydrogens is 194 g/mol. The number of oxazole rings is 1. The fraction of sp³-hybridized carbons (Fsp3) is 0.500. The maximum Gasteiger partial charge on any atom is 0.301 e. The van der Waals surface area contributed by atoms with Crippen molar-refractivity contribution in [1.29, 1.82) is 5.26 Å². The van der Waals surface area contributed by atoms with Gasteiger partial charge >= 0.3 is 6.01 Å². The molecule has 0 aliphatic carbocycles. The van der Waals surface area contributed by atoms with Crippen molar-refractivity contribution in [3.05, 3.63) is 12.0 Å². The number of hydrogen-bond acceptors (Lipinski definition) is 4. The molecule has 1 amide bonds. The van der Waals surface area contributed by atoms with Gasteiger partial charge in [0.15, 0.2) is 0 Å². The van der Waals surface area contributed by atoms with E-state index in [2.05, 4.69) is 10.3 Å². The number of nitriles is 1. The van der Waals surface area contributed by atoms with Crippen LogP contribution in [-0.4, -0.2) is 10.9 Å². The first kappa shape index (κ1) is 11.2. The van der Waals surface area contributed by atoms with Crippen molar-refractivity contribution in [2.24, 2.45) is 5.41 Å². The van der Waals surface area contributed by atoms with Crippen molar-refractivity contribution in [3.63, 3.8) is 0 Å². The van der Waals surface area contributed by atoms with Gasteiger partial charge in [0.05, 0.1) is 11.8 Å². The van der Waals surface area contributed by atoms with Crippen LogP contribution in [0.5, 0.6) is 0 Å². The van der Waals surface area contributed by atoms with E-state index in [9.17, 15) is 4.79 Å². The third kappa shape index (κ3) is 2.34. The molecule has 1 aromatic rings. The third-order valence-corrected chi connectivity index (χ3v) is 2.29. The first-order valence-electron chi connectivity index (χ1n) is 4.66. The Hall–Kier alpha value is -1.83. The van der Waals surface area contributed by atoms with Gasteiger partial charge in [-0.15, -0.1) is 0 Å². The number of amides is 1. The number of aromatic nitrogens is 1. The van der Waals surface area contributed by atoms with Crippen molar-refractivity contribution in [1.82, 2.24) is 4.98 Å². The van der Waals surface area contributed by atoms with Gasteiger partial charge < -0.3 is 4.42 Å². The zero-order valence-electron chi connectivity index (χ0n) is 9.00. The van der Waals surface area contributed by atoms with Gasteiger partial charge in [-0.1, -0.05) is 6.92 Å². The van der Waals surface area contributed by atoms with Gasteiger partial charge in [0.1, 0.15) is 11.7 Å². The third-order valence-electron chi connectivity index (χ3n) is 2.29. The molecule has 1 unspecified atom stereocenters. The summed E-state index contributed by atoms with van der Waals surface area (Å²) in [4.78, 5) is 15.6. The predicted molar refractivity (Wildman–Crippen MR) is 53.9 cm³/mol. The van der Waals surface area contributed by atoms with Gasteiger partial charge in [0.25, 0.3) is 0 Å². The highest BCUT2D eigenvalue weighted by atomic mass is 16.4. The van der Waals surface area contributed by atoms with Gasteiger partial charge in [-0.25, -0.2) is 0 Å². The monoisotopic (exact) mass is 207 g/mol. The molecule has 1 N–H and O–H groups in total. The highest BCUT2D eigenvalue weighted by Gasteiger charge is 2.32. The number of carbonyl (C=O) groups excluding carboxylic acids is 1. The smallest absolute Gasteiger partial charge is 0.301 e. The van der Waals surface area contributed by atoms with Crippen LogP contribution in [0.2, 0.25) is 0 Å². The fourth-order valence-corrected chi connectivity index (χ4v) is 0.937. The van der Waals surface area contributed by atoms with Crippen LogP contribution in [0.1, 0.15) is 26.0 Å². The predicted octanol–water partition coefficient (Wildman–Crippen LogP) is 1.86. The summed E-state index contributed by atoms with van der Waals surface area (Å²) in [5.74, 6) is -0.394. The van der Waals surface area contributed by atoms with E-state index in [-0.39, 0.29) is 6.01 Å². The second kappa shape index (κ2) is 4.13. The van der Waals surface area contributed by atoms with E-state index < -0.39 is 11.3 Å². The first-order chi connectivity index (χ1) is 7.01. The number of anilines is 1. The van der Waals surface area contributed by atoms with Crippen LogP contribution in [0.25, 0.3) is 0 Å². The molecule has 0 fully saturated rings. The summed E-state index contributed by atoms with van der Waals surface area (Å²) in [5, 5.41) is 11.3. The Bertz CT molecular complexity index is 405. The molecule has 1 heterocycles. The number of rotatable bonds is 3. The summed E-state index contributed by atoms with van der Waals surface area (Å²) in [6.45, 7) is 5.12. The van der Waals surface area contributed by atoms with Gasteiger partial charge in [-0.05, 0) is 20.3 Å². The summed E-state index contributed by atoms with van der Waals surface area (Å²) >= 11 is 0. The Morgan fingerprint density at radius 2 is 2.47 bits per heavy atom. The summed E-state index contributed by atoms with van der Waals surface area (Å²) in [6, 6.07) is 2.11. The molecule has 0 aromatic carbocycles. The molecule has 5 nitrogen and oxygen atoms in total. The highest BCUT2D eigenvalue weighted by molar-refractivity contribution is 5.95. The van der Waals surface area contributed by atoms with E-state index in [1.165, 1.54) is 6.26 Å². The van der Waals surface area contributed by atoms with Crippen LogP contribution in [0.3, 0.4) is 0 Å². The van der Waals surface area contributed by atoms with Gasteiger partial charge in [0, 0.05) is 0 Å². The summed E-state index contributed by atoms with van der Waals surface area (Å²) in [6.07, 6.45) is 1.88. The topological polar surface area (TPSA) is 78.9 Å². The molecular formula is C10H13N3O2. The highest BCUT2D eigenvalue weighted by Crippen LogP contribution is 2.21. The Kier molecular flexibility index (Phi) is 3.10. The number of aryl methyl sites for hydroxylation is 1. The Morgan fingerprint density at radius 3 is 2.87 bits per heavy atom. The SMILES string of the molecule is CCC(C)(C#N)C(=O)Nc1nc(C)co1. The standard InChI is InChI=1S/C10H13N3O2/c1-4-10(3,6-11)8(14)13-9-12-7(2)5-15-9/h5H,4H2,1-3H3,(H,12,13,14). The van der Waals surface area contributed by atoms with E-state index in [0.29, 0.717) is 12.1 Å². The molecule has 0 saturated heterocycles. The van der Waals surface area contributed by atoms with Crippen LogP contribution >= 0.6 is 0 Å². The Balaban J connectivity index is 2.76. The zero-order chi connectivity index (χ0) is 11.5. The van der Waals surface area contributed by atoms with Crippen molar-refractivity contribution in [3.8, 4) is 6.07 Å². The normalized spacial score (nSPS) is 14.0. The van der Waals surface area contributed by atoms with Crippen molar-refractivity contribution in [2.75, 3.05) is 5.32 Å². The molecule has 0 spiro atoms. The first-order valence-corrected chi connectivity index (χ1v) is 4.66. The van der Waals surface area contributed by atoms with Crippen LogP contribution in [-0.2, 0) is 4.79 Å². The van der Waals surface area contributed by atoms with E-state index in [0.717, 1.165) is 0 Å². The molecule has 1 aromatic heterocycles. The van der Waals surface area contributed by atoms with E-state index >= 15 is 0 Å². The number of nitrogens with one attached hydrogen (secondary N) is 1. The molecule has 0 aliphatic heterocycles. The van der Waals surface area contributed by atoms with Crippen molar-refractivity contribution in [2.45, 2.75) is 27.2 Å². The van der Waals surface area contributed by atoms with E-state index in [1.807, 2.05) is 6.07 Å². The van der Waals surface area contributed by atoms with Gasteiger partial charge in [-0.2, -0.15) is 10.2 Å². The fourth-order valence-electron chi connectivity index (χ4n) is 0.937. The van der Waals surface area contributed by atoms with Gasteiger partial charge in [-0.3, -0.25) is 10.1 Å². The van der Waals surface area contributed by atoms with Gasteiger partial charge in [0.2, 0.25) is 5.91 Å². The molecule has 15 heavy (non-hydrogen) atoms. The average molecular weight is 207 g/mol. The zero-order valence-corrected chi connectivity index (χ0v) is 9.00.